The number of primary amides is 1. The highest BCUT2D eigenvalue weighted by molar-refractivity contribution is 6.01. The van der Waals surface area contributed by atoms with E-state index in [0.717, 1.165) is 5.56 Å². The third-order valence-electron chi connectivity index (χ3n) is 17.8. The van der Waals surface area contributed by atoms with Crippen molar-refractivity contribution in [1.82, 2.24) is 58.5 Å². The molecule has 11 amide bonds. The number of carbonyl (C=O) groups is 12. The van der Waals surface area contributed by atoms with Crippen LogP contribution in [0.2, 0.25) is 0 Å². The van der Waals surface area contributed by atoms with Crippen LogP contribution in [0.5, 0.6) is 5.75 Å². The Hall–Kier alpha value is -8.31. The predicted molar refractivity (Wildman–Crippen MR) is 342 cm³/mol. The molecule has 4 rings (SSSR count). The van der Waals surface area contributed by atoms with Gasteiger partial charge in [-0.3, -0.25) is 52.7 Å². The zero-order chi connectivity index (χ0) is 70.1. The summed E-state index contributed by atoms with van der Waals surface area (Å²) in [4.78, 5) is 167. The minimum atomic E-state index is -1.84. The Morgan fingerprint density at radius 3 is 1.66 bits per heavy atom. The largest absolute Gasteiger partial charge is 0.494 e. The normalized spacial score (nSPS) is 22.5. The first-order valence-corrected chi connectivity index (χ1v) is 32.4. The predicted octanol–water partition coefficient (Wildman–Crippen LogP) is -0.547. The molecule has 1 spiro atoms. The summed E-state index contributed by atoms with van der Waals surface area (Å²) in [6, 6.07) is 0.443. The Labute approximate surface area is 548 Å². The molecule has 94 heavy (non-hydrogen) atoms. The van der Waals surface area contributed by atoms with Crippen molar-refractivity contribution < 1.29 is 81.6 Å². The number of esters is 1. The molecule has 1 aliphatic carbocycles. The highest BCUT2D eigenvalue weighted by Crippen LogP contribution is 2.46. The van der Waals surface area contributed by atoms with Crippen LogP contribution in [0.3, 0.4) is 0 Å². The number of carbonyl (C=O) groups excluding carboxylic acids is 12. The van der Waals surface area contributed by atoms with Crippen molar-refractivity contribution in [2.24, 2.45) is 35.3 Å². The molecule has 1 aliphatic heterocycles. The summed E-state index contributed by atoms with van der Waals surface area (Å²) in [5.74, 6) is -13.8. The van der Waals surface area contributed by atoms with Gasteiger partial charge in [0.15, 0.2) is 0 Å². The van der Waals surface area contributed by atoms with E-state index in [1.54, 1.807) is 62.4 Å². The quantitative estimate of drug-likeness (QED) is 0.0385. The highest BCUT2D eigenvalue weighted by Gasteiger charge is 2.62. The smallest absolute Gasteiger partial charge is 0.329 e. The zero-order valence-corrected chi connectivity index (χ0v) is 55.7. The van der Waals surface area contributed by atoms with E-state index in [9.17, 15) is 72.1 Å². The molecule has 2 fully saturated rings. The average Bonchev–Trinajstić information content (AvgIpc) is 1.58. The Morgan fingerprint density at radius 1 is 0.649 bits per heavy atom. The molecule has 2 aromatic rings. The van der Waals surface area contributed by atoms with Crippen LogP contribution < -0.4 is 69.0 Å². The molecule has 2 aromatic carbocycles. The number of cyclic esters (lactones) is 1. The van der Waals surface area contributed by atoms with Crippen LogP contribution in [0.1, 0.15) is 133 Å². The first-order valence-electron chi connectivity index (χ1n) is 32.4. The van der Waals surface area contributed by atoms with Crippen molar-refractivity contribution in [2.75, 3.05) is 26.9 Å². The molecule has 522 valence electrons. The number of halogens is 1. The van der Waals surface area contributed by atoms with E-state index in [1.165, 1.54) is 38.1 Å². The number of aliphatic hydroxyl groups is 2. The number of hydrogen-bond acceptors (Lipinski definition) is 17. The summed E-state index contributed by atoms with van der Waals surface area (Å²) < 4.78 is 25.0. The summed E-state index contributed by atoms with van der Waals surface area (Å²) in [6.45, 7) is 14.2. The van der Waals surface area contributed by atoms with Crippen LogP contribution in [-0.2, 0) is 68.7 Å². The average molecular weight is 1320 g/mol. The van der Waals surface area contributed by atoms with E-state index >= 15 is 0 Å². The lowest BCUT2D eigenvalue weighted by molar-refractivity contribution is -0.157. The first kappa shape index (κ1) is 78.1. The van der Waals surface area contributed by atoms with Gasteiger partial charge < -0.3 is 83.9 Å². The first-order chi connectivity index (χ1) is 44.5. The van der Waals surface area contributed by atoms with Gasteiger partial charge in [0.2, 0.25) is 65.0 Å². The van der Waals surface area contributed by atoms with Gasteiger partial charge >= 0.3 is 5.97 Å². The number of nitrogens with two attached hydrogens (primary N) is 1. The molecule has 0 radical (unpaired) electrons. The second-order valence-electron chi connectivity index (χ2n) is 24.7. The van der Waals surface area contributed by atoms with Crippen molar-refractivity contribution in [3.05, 3.63) is 66.0 Å². The van der Waals surface area contributed by atoms with Crippen LogP contribution in [0.15, 0.2) is 54.6 Å². The molecule has 17 atom stereocenters. The van der Waals surface area contributed by atoms with Gasteiger partial charge in [0.05, 0.1) is 25.9 Å². The SMILES string of the molecule is CC[C@H](C)[C@H](NC(=O)[C@@H](CCc1ccccc1)NC)C(=O)N[C@@H](CO)C(=O)N[C@H](CCC(N)=O)C(=O)N[C@@H](C(=O)N[C@H](C(=O)N[C@@H](CO)C(=O)N[C@H]1C(=O)N[C@@H](C)C(=O)NC2(CC2CCOc2ccc(F)cc2)C(=O)N[C@@H]([C@@H](C)CC)C(=O)O[C@H]1C)[C@@H](C)CC)[C@@H](C)CC. The fraction of sp³-hybridized carbons (Fsp3) is 0.631. The summed E-state index contributed by atoms with van der Waals surface area (Å²) in [7, 11) is 1.61. The Morgan fingerprint density at radius 2 is 1.15 bits per heavy atom. The lowest BCUT2D eigenvalue weighted by Crippen LogP contribution is -2.63. The number of ether oxygens (including phenoxy) is 2. The van der Waals surface area contributed by atoms with Gasteiger partial charge in [0.1, 0.15) is 77.6 Å². The highest BCUT2D eigenvalue weighted by atomic mass is 19.1. The molecule has 28 nitrogen and oxygen atoms in total. The second kappa shape index (κ2) is 37.5. The zero-order valence-electron chi connectivity index (χ0n) is 55.7. The Bertz CT molecular complexity index is 2930. The van der Waals surface area contributed by atoms with E-state index in [-0.39, 0.29) is 32.3 Å². The van der Waals surface area contributed by atoms with E-state index in [2.05, 4.69) is 58.5 Å². The minimum Gasteiger partial charge on any atom is -0.494 e. The number of aryl methyl sites for hydroxylation is 1. The second-order valence-corrected chi connectivity index (χ2v) is 24.7. The van der Waals surface area contributed by atoms with Gasteiger partial charge in [-0.15, -0.1) is 0 Å². The number of hydrogen-bond donors (Lipinski definition) is 14. The summed E-state index contributed by atoms with van der Waals surface area (Å²) in [6.07, 6.45) is 0.253. The number of amides is 11. The van der Waals surface area contributed by atoms with Gasteiger partial charge in [0.25, 0.3) is 0 Å². The topological polar surface area (TPSA) is 422 Å². The van der Waals surface area contributed by atoms with Crippen molar-refractivity contribution >= 4 is 70.9 Å². The lowest BCUT2D eigenvalue weighted by Gasteiger charge is -2.31. The molecule has 0 bridgehead atoms. The van der Waals surface area contributed by atoms with E-state index in [0.29, 0.717) is 31.4 Å². The van der Waals surface area contributed by atoms with Crippen LogP contribution in [0, 0.1) is 35.4 Å². The molecule has 1 saturated heterocycles. The summed E-state index contributed by atoms with van der Waals surface area (Å²) in [5, 5.41) is 49.8. The standard InChI is InChI=1S/C65H99FN12O16/c1-12-34(5)49(73-55(83)44(68-11)26-21-40-19-17-16-18-20-40)59(87)71-46(32-79)57(85)70-45(27-28-48(67)81)56(84)74-51(36(7)14-3)61(89)75-50(35(6)13-2)60(88)72-47(33-80)58(86)76-53-39(10)94-63(91)52(37(8)15-4)77-64(92)65(78-54(82)38(9)69-62(53)90)31-41(65)29-30-93-43-24-22-42(66)23-25-43/h16-20,22-25,34-39,41,44-47,49-53,68,79-80H,12-15,21,26-33H2,1-11H3,(H2,67,81)(H,69,90)(H,70,85)(H,71,87)(H,72,88)(H,73,83)(H,74,84)(H,75,89)(H,76,86)(H,77,92)(H,78,82)/t34-,35-,36-,37-,38-,39-,41?,44+,45+,46-,47-,49-,50-,51+,52-,53+,65?/m0/s1. The molecule has 1 heterocycles. The van der Waals surface area contributed by atoms with Gasteiger partial charge in [-0.05, 0) is 112 Å². The van der Waals surface area contributed by atoms with Crippen LogP contribution >= 0.6 is 0 Å². The van der Waals surface area contributed by atoms with Crippen molar-refractivity contribution in [2.45, 2.75) is 206 Å². The van der Waals surface area contributed by atoms with Gasteiger partial charge in [0, 0.05) is 6.42 Å². The molecular weight excluding hydrogens is 1220 g/mol. The van der Waals surface area contributed by atoms with Crippen molar-refractivity contribution in [3.8, 4) is 5.75 Å². The fourth-order valence-corrected chi connectivity index (χ4v) is 10.6. The van der Waals surface area contributed by atoms with E-state index in [1.807, 2.05) is 30.3 Å². The molecular formula is C65H99FN12O16. The van der Waals surface area contributed by atoms with Gasteiger partial charge in [-0.2, -0.15) is 0 Å². The molecule has 2 aliphatic rings. The molecule has 1 saturated carbocycles. The number of nitrogens with one attached hydrogen (secondary N) is 11. The summed E-state index contributed by atoms with van der Waals surface area (Å²) >= 11 is 0. The molecule has 29 heteroatoms. The Kier molecular flexibility index (Phi) is 31.2. The van der Waals surface area contributed by atoms with Crippen LogP contribution in [-0.4, -0.2) is 180 Å². The third-order valence-corrected chi connectivity index (χ3v) is 17.8. The third kappa shape index (κ3) is 22.4. The molecule has 15 N–H and O–H groups in total. The number of rotatable bonds is 35. The monoisotopic (exact) mass is 1320 g/mol. The molecule has 0 aromatic heterocycles. The van der Waals surface area contributed by atoms with Crippen molar-refractivity contribution in [3.63, 3.8) is 0 Å². The Balaban J connectivity index is 1.50. The van der Waals surface area contributed by atoms with Crippen molar-refractivity contribution in [1.29, 1.82) is 0 Å². The van der Waals surface area contributed by atoms with Crippen LogP contribution in [0.25, 0.3) is 0 Å². The minimum absolute atomic E-state index is 0.0803. The van der Waals surface area contributed by atoms with Gasteiger partial charge in [-0.25, -0.2) is 9.18 Å². The maximum Gasteiger partial charge on any atom is 0.329 e. The summed E-state index contributed by atoms with van der Waals surface area (Å²) in [5.41, 5.74) is 4.93. The fourth-order valence-electron chi connectivity index (χ4n) is 10.6. The number of aliphatic hydroxyl groups excluding tert-OH is 2. The number of benzene rings is 2. The van der Waals surface area contributed by atoms with E-state index in [4.69, 9.17) is 15.2 Å². The van der Waals surface area contributed by atoms with E-state index < -0.39 is 204 Å². The lowest BCUT2D eigenvalue weighted by atomic mass is 9.94. The number of likely N-dealkylation sites (N-methyl/N-ethyl adjacent to an activating group) is 1. The van der Waals surface area contributed by atoms with Crippen LogP contribution in [0.4, 0.5) is 4.39 Å². The molecule has 2 unspecified atom stereocenters. The maximum atomic E-state index is 14.5. The van der Waals surface area contributed by atoms with Gasteiger partial charge in [-0.1, -0.05) is 111 Å². The maximum absolute atomic E-state index is 14.5.